The van der Waals surface area contributed by atoms with Crippen molar-refractivity contribution in [3.05, 3.63) is 89.9 Å². The summed E-state index contributed by atoms with van der Waals surface area (Å²) in [5.74, 6) is 1.61. The maximum Gasteiger partial charge on any atom is 0.228 e. The van der Waals surface area contributed by atoms with Crippen LogP contribution in [0, 0.1) is 0 Å². The van der Waals surface area contributed by atoms with Crippen LogP contribution in [0.1, 0.15) is 21.7 Å². The molecule has 4 aromatic rings. The minimum atomic E-state index is -0.226. The Hall–Kier alpha value is -4.03. The van der Waals surface area contributed by atoms with Crippen molar-refractivity contribution < 1.29 is 23.8 Å². The van der Waals surface area contributed by atoms with E-state index in [0.717, 1.165) is 35.2 Å². The molecule has 0 unspecified atom stereocenters. The van der Waals surface area contributed by atoms with Crippen LogP contribution in [0.4, 0.5) is 0 Å². The number of furan rings is 1. The molecular formula is C28H25NO5. The number of carbonyl (C=O) groups excluding carboxylic acids is 1. The molecule has 6 nitrogen and oxygen atoms in total. The average molecular weight is 456 g/mol. The lowest BCUT2D eigenvalue weighted by Gasteiger charge is -2.11. The Labute approximate surface area is 197 Å². The fourth-order valence-electron chi connectivity index (χ4n) is 3.99. The molecule has 0 saturated carbocycles. The van der Waals surface area contributed by atoms with Crippen LogP contribution < -0.4 is 9.47 Å². The van der Waals surface area contributed by atoms with Gasteiger partial charge in [0.1, 0.15) is 29.4 Å². The van der Waals surface area contributed by atoms with Crippen molar-refractivity contribution in [1.82, 2.24) is 4.90 Å². The summed E-state index contributed by atoms with van der Waals surface area (Å²) < 4.78 is 17.5. The van der Waals surface area contributed by atoms with E-state index in [1.165, 1.54) is 0 Å². The van der Waals surface area contributed by atoms with Gasteiger partial charge in [0, 0.05) is 29.1 Å². The van der Waals surface area contributed by atoms with Crippen LogP contribution >= 0.6 is 0 Å². The van der Waals surface area contributed by atoms with Gasteiger partial charge in [0.15, 0.2) is 5.76 Å². The second-order valence-corrected chi connectivity index (χ2v) is 8.51. The van der Waals surface area contributed by atoms with Gasteiger partial charge in [-0.05, 0) is 80.2 Å². The minimum Gasteiger partial charge on any atom is -0.508 e. The number of hydrogen-bond acceptors (Lipinski definition) is 6. The predicted octanol–water partition coefficient (Wildman–Crippen LogP) is 5.43. The molecule has 0 bridgehead atoms. The molecule has 1 aliphatic rings. The lowest BCUT2D eigenvalue weighted by Crippen LogP contribution is -2.19. The molecule has 0 amide bonds. The Kier molecular flexibility index (Phi) is 5.82. The SMILES string of the molecule is CN(C)CCOc1ccc(C(=O)c2oc3cc4c(cc3c2-c2ccc(O)cc2)CC=CO4)cc1. The smallest absolute Gasteiger partial charge is 0.228 e. The fraction of sp³-hybridized carbons (Fsp3) is 0.179. The van der Waals surface area contributed by atoms with Crippen molar-refractivity contribution in [3.8, 4) is 28.4 Å². The lowest BCUT2D eigenvalue weighted by atomic mass is 9.96. The summed E-state index contributed by atoms with van der Waals surface area (Å²) in [6.07, 6.45) is 4.35. The molecular weight excluding hydrogens is 430 g/mol. The summed E-state index contributed by atoms with van der Waals surface area (Å²) in [5.41, 5.74) is 3.58. The summed E-state index contributed by atoms with van der Waals surface area (Å²) in [4.78, 5) is 15.6. The molecule has 1 N–H and O–H groups in total. The molecule has 3 aromatic carbocycles. The number of phenols is 1. The second-order valence-electron chi connectivity index (χ2n) is 8.51. The molecule has 0 spiro atoms. The van der Waals surface area contributed by atoms with Crippen LogP contribution in [-0.4, -0.2) is 43.0 Å². The van der Waals surface area contributed by atoms with Crippen LogP contribution in [-0.2, 0) is 6.42 Å². The molecule has 0 aliphatic carbocycles. The highest BCUT2D eigenvalue weighted by Gasteiger charge is 2.25. The van der Waals surface area contributed by atoms with E-state index in [2.05, 4.69) is 0 Å². The van der Waals surface area contributed by atoms with Crippen molar-refractivity contribution in [2.75, 3.05) is 27.2 Å². The highest BCUT2D eigenvalue weighted by atomic mass is 16.5. The number of carbonyl (C=O) groups is 1. The average Bonchev–Trinajstić information content (AvgIpc) is 3.21. The molecule has 1 aliphatic heterocycles. The van der Waals surface area contributed by atoms with E-state index in [9.17, 15) is 9.90 Å². The van der Waals surface area contributed by atoms with E-state index < -0.39 is 0 Å². The first-order chi connectivity index (χ1) is 16.5. The molecule has 6 heteroatoms. The number of rotatable bonds is 7. The zero-order valence-corrected chi connectivity index (χ0v) is 19.1. The van der Waals surface area contributed by atoms with Crippen molar-refractivity contribution >= 4 is 16.8 Å². The summed E-state index contributed by atoms with van der Waals surface area (Å²) in [6.45, 7) is 1.37. The van der Waals surface area contributed by atoms with Gasteiger partial charge in [-0.3, -0.25) is 4.79 Å². The number of nitrogens with zero attached hydrogens (tertiary/aromatic N) is 1. The Balaban J connectivity index is 1.55. The van der Waals surface area contributed by atoms with Gasteiger partial charge in [0.25, 0.3) is 0 Å². The number of ketones is 1. The Morgan fingerprint density at radius 3 is 2.56 bits per heavy atom. The van der Waals surface area contributed by atoms with E-state index in [0.29, 0.717) is 29.1 Å². The van der Waals surface area contributed by atoms with Crippen molar-refractivity contribution in [2.45, 2.75) is 6.42 Å². The first-order valence-corrected chi connectivity index (χ1v) is 11.1. The van der Waals surface area contributed by atoms with Crippen LogP contribution in [0.3, 0.4) is 0 Å². The predicted molar refractivity (Wildman–Crippen MR) is 131 cm³/mol. The summed E-state index contributed by atoms with van der Waals surface area (Å²) in [7, 11) is 3.98. The topological polar surface area (TPSA) is 72.1 Å². The molecule has 0 fully saturated rings. The zero-order chi connectivity index (χ0) is 23.7. The molecule has 0 saturated heterocycles. The minimum absolute atomic E-state index is 0.158. The van der Waals surface area contributed by atoms with E-state index in [1.807, 2.05) is 37.2 Å². The summed E-state index contributed by atoms with van der Waals surface area (Å²) in [6, 6.07) is 17.7. The van der Waals surface area contributed by atoms with Crippen molar-refractivity contribution in [3.63, 3.8) is 0 Å². The van der Waals surface area contributed by atoms with Crippen LogP contribution in [0.15, 0.2) is 77.4 Å². The maximum atomic E-state index is 13.6. The van der Waals surface area contributed by atoms with Crippen LogP contribution in [0.5, 0.6) is 17.2 Å². The highest BCUT2D eigenvalue weighted by molar-refractivity contribution is 6.16. The zero-order valence-electron chi connectivity index (χ0n) is 19.1. The number of hydrogen-bond donors (Lipinski definition) is 1. The van der Waals surface area contributed by atoms with E-state index in [4.69, 9.17) is 13.9 Å². The van der Waals surface area contributed by atoms with Gasteiger partial charge in [-0.15, -0.1) is 0 Å². The van der Waals surface area contributed by atoms with E-state index in [1.54, 1.807) is 54.8 Å². The Bertz CT molecular complexity index is 1360. The monoisotopic (exact) mass is 455 g/mol. The number of phenolic OH excluding ortho intramolecular Hbond substituents is 1. The Morgan fingerprint density at radius 1 is 1.06 bits per heavy atom. The van der Waals surface area contributed by atoms with Gasteiger partial charge in [-0.25, -0.2) is 0 Å². The number of aromatic hydroxyl groups is 1. The van der Waals surface area contributed by atoms with Gasteiger partial charge >= 0.3 is 0 Å². The molecule has 5 rings (SSSR count). The van der Waals surface area contributed by atoms with E-state index in [-0.39, 0.29) is 17.3 Å². The molecule has 1 aromatic heterocycles. The maximum absolute atomic E-state index is 13.6. The third-order valence-corrected chi connectivity index (χ3v) is 5.79. The van der Waals surface area contributed by atoms with Crippen LogP contribution in [0.25, 0.3) is 22.1 Å². The molecule has 172 valence electrons. The van der Waals surface area contributed by atoms with Gasteiger partial charge in [0.2, 0.25) is 5.78 Å². The molecule has 0 atom stereocenters. The van der Waals surface area contributed by atoms with Crippen molar-refractivity contribution in [2.24, 2.45) is 0 Å². The highest BCUT2D eigenvalue weighted by Crippen LogP contribution is 2.40. The fourth-order valence-corrected chi connectivity index (χ4v) is 3.99. The number of allylic oxidation sites excluding steroid dienone is 1. The van der Waals surface area contributed by atoms with Gasteiger partial charge in [0.05, 0.1) is 6.26 Å². The lowest BCUT2D eigenvalue weighted by molar-refractivity contribution is 0.101. The summed E-state index contributed by atoms with van der Waals surface area (Å²) in [5, 5.41) is 10.6. The first kappa shape index (κ1) is 21.8. The van der Waals surface area contributed by atoms with Gasteiger partial charge in [-0.1, -0.05) is 12.1 Å². The van der Waals surface area contributed by atoms with Gasteiger partial charge in [-0.2, -0.15) is 0 Å². The third kappa shape index (κ3) is 4.28. The number of likely N-dealkylation sites (N-methyl/N-ethyl adjacent to an activating group) is 1. The molecule has 34 heavy (non-hydrogen) atoms. The van der Waals surface area contributed by atoms with E-state index >= 15 is 0 Å². The number of benzene rings is 3. The molecule has 2 heterocycles. The van der Waals surface area contributed by atoms with Crippen molar-refractivity contribution in [1.29, 1.82) is 0 Å². The largest absolute Gasteiger partial charge is 0.508 e. The Morgan fingerprint density at radius 2 is 1.82 bits per heavy atom. The second kappa shape index (κ2) is 9.08. The van der Waals surface area contributed by atoms with Crippen LogP contribution in [0.2, 0.25) is 0 Å². The number of fused-ring (bicyclic) bond motifs is 2. The normalized spacial score (nSPS) is 12.6. The standard InChI is InChI=1S/C28H25NO5/c1-29(2)13-15-32-22-11-7-19(8-12-22)27(31)28-26(18-5-9-21(30)10-6-18)23-16-20-4-3-14-33-24(20)17-25(23)34-28/h3,5-12,14,16-17,30H,4,13,15H2,1-2H3. The third-order valence-electron chi connectivity index (χ3n) is 5.79. The summed E-state index contributed by atoms with van der Waals surface area (Å²) >= 11 is 0. The first-order valence-electron chi connectivity index (χ1n) is 11.1. The molecule has 0 radical (unpaired) electrons. The quantitative estimate of drug-likeness (QED) is 0.375. The van der Waals surface area contributed by atoms with Gasteiger partial charge < -0.3 is 23.9 Å². The number of ether oxygens (including phenoxy) is 2.